The Balaban J connectivity index is 1.71. The lowest BCUT2D eigenvalue weighted by Gasteiger charge is -2.13. The van der Waals surface area contributed by atoms with Crippen LogP contribution in [0.3, 0.4) is 0 Å². The summed E-state index contributed by atoms with van der Waals surface area (Å²) in [5, 5.41) is 11.9. The van der Waals surface area contributed by atoms with Crippen molar-refractivity contribution in [2.45, 2.75) is 11.7 Å². The molecule has 1 heterocycles. The number of halogens is 1. The molecule has 150 valence electrons. The van der Waals surface area contributed by atoms with E-state index < -0.39 is 0 Å². The average Bonchev–Trinajstić information content (AvgIpc) is 3.11. The maximum atomic E-state index is 13.0. The van der Waals surface area contributed by atoms with E-state index in [1.54, 1.807) is 6.08 Å². The van der Waals surface area contributed by atoms with E-state index in [9.17, 15) is 9.18 Å². The van der Waals surface area contributed by atoms with E-state index in [1.807, 2.05) is 47.8 Å². The van der Waals surface area contributed by atoms with Crippen LogP contribution in [-0.2, 0) is 11.3 Å². The molecule has 1 aromatic heterocycles. The number of aromatic nitrogens is 3. The fraction of sp³-hybridized carbons (Fsp3) is 0.190. The number of amides is 1. The van der Waals surface area contributed by atoms with Crippen molar-refractivity contribution >= 4 is 29.0 Å². The Hall–Kier alpha value is -3.13. The Kier molecular flexibility index (Phi) is 6.66. The second kappa shape index (κ2) is 9.38. The van der Waals surface area contributed by atoms with E-state index in [0.717, 1.165) is 17.1 Å². The molecular weight excluding hydrogens is 389 g/mol. The summed E-state index contributed by atoms with van der Waals surface area (Å²) in [4.78, 5) is 14.2. The maximum absolute atomic E-state index is 13.0. The highest BCUT2D eigenvalue weighted by molar-refractivity contribution is 7.99. The van der Waals surface area contributed by atoms with Gasteiger partial charge in [-0.1, -0.05) is 17.8 Å². The minimum Gasteiger partial charge on any atom is -0.378 e. The Labute approximate surface area is 173 Å². The van der Waals surface area contributed by atoms with Gasteiger partial charge in [0, 0.05) is 37.6 Å². The standard InChI is InChI=1S/C21H22FN5OS/c1-4-13-27-20(15-5-11-18(12-6-15)26(2)3)24-25-21(27)29-14-19(28)23-17-9-7-16(22)8-10-17/h4-12H,1,13-14H2,2-3H3,(H,23,28). The van der Waals surface area contributed by atoms with Crippen LogP contribution < -0.4 is 10.2 Å². The number of rotatable bonds is 8. The summed E-state index contributed by atoms with van der Waals surface area (Å²) in [6.07, 6.45) is 1.77. The highest BCUT2D eigenvalue weighted by atomic mass is 32.2. The van der Waals surface area contributed by atoms with Crippen LogP contribution in [0.15, 0.2) is 66.3 Å². The summed E-state index contributed by atoms with van der Waals surface area (Å²) in [6.45, 7) is 4.33. The number of nitrogens with one attached hydrogen (secondary N) is 1. The number of carbonyl (C=O) groups excluding carboxylic acids is 1. The number of nitrogens with zero attached hydrogens (tertiary/aromatic N) is 4. The Morgan fingerprint density at radius 1 is 1.17 bits per heavy atom. The van der Waals surface area contributed by atoms with Crippen molar-refractivity contribution in [2.24, 2.45) is 0 Å². The van der Waals surface area contributed by atoms with Crippen molar-refractivity contribution in [3.8, 4) is 11.4 Å². The van der Waals surface area contributed by atoms with Gasteiger partial charge in [0.2, 0.25) is 5.91 Å². The Morgan fingerprint density at radius 2 is 1.86 bits per heavy atom. The predicted octanol–water partition coefficient (Wildman–Crippen LogP) is 4.07. The smallest absolute Gasteiger partial charge is 0.234 e. The van der Waals surface area contributed by atoms with Crippen molar-refractivity contribution in [2.75, 3.05) is 30.1 Å². The van der Waals surface area contributed by atoms with Crippen LogP contribution in [0.2, 0.25) is 0 Å². The molecular formula is C21H22FN5OS. The first-order chi connectivity index (χ1) is 14.0. The highest BCUT2D eigenvalue weighted by Gasteiger charge is 2.15. The van der Waals surface area contributed by atoms with Crippen molar-refractivity contribution in [1.82, 2.24) is 14.8 Å². The molecule has 0 bridgehead atoms. The molecule has 0 spiro atoms. The minimum absolute atomic E-state index is 0.159. The number of anilines is 2. The summed E-state index contributed by atoms with van der Waals surface area (Å²) >= 11 is 1.29. The zero-order valence-corrected chi connectivity index (χ0v) is 17.1. The van der Waals surface area contributed by atoms with E-state index in [2.05, 4.69) is 22.1 Å². The summed E-state index contributed by atoms with van der Waals surface area (Å²) in [6, 6.07) is 13.7. The highest BCUT2D eigenvalue weighted by Crippen LogP contribution is 2.26. The van der Waals surface area contributed by atoms with Crippen LogP contribution in [0.25, 0.3) is 11.4 Å². The van der Waals surface area contributed by atoms with Crippen LogP contribution in [0.4, 0.5) is 15.8 Å². The fourth-order valence-electron chi connectivity index (χ4n) is 2.67. The second-order valence-corrected chi connectivity index (χ2v) is 7.43. The molecule has 1 N–H and O–H groups in total. The van der Waals surface area contributed by atoms with Crippen LogP contribution in [0.5, 0.6) is 0 Å². The summed E-state index contributed by atoms with van der Waals surface area (Å²) in [5.41, 5.74) is 2.58. The van der Waals surface area contributed by atoms with Crippen LogP contribution >= 0.6 is 11.8 Å². The van der Waals surface area contributed by atoms with Crippen molar-refractivity contribution < 1.29 is 9.18 Å². The summed E-state index contributed by atoms with van der Waals surface area (Å²) in [7, 11) is 3.97. The Bertz CT molecular complexity index is 983. The fourth-order valence-corrected chi connectivity index (χ4v) is 3.42. The van der Waals surface area contributed by atoms with Crippen molar-refractivity contribution in [3.63, 3.8) is 0 Å². The molecule has 1 amide bonds. The molecule has 0 fully saturated rings. The van der Waals surface area contributed by atoms with Crippen molar-refractivity contribution in [3.05, 3.63) is 67.0 Å². The third-order valence-electron chi connectivity index (χ3n) is 4.13. The maximum Gasteiger partial charge on any atom is 0.234 e. The quantitative estimate of drug-likeness (QED) is 0.447. The van der Waals surface area contributed by atoms with E-state index in [4.69, 9.17) is 0 Å². The number of hydrogen-bond acceptors (Lipinski definition) is 5. The van der Waals surface area contributed by atoms with Gasteiger partial charge in [-0.3, -0.25) is 9.36 Å². The monoisotopic (exact) mass is 411 g/mol. The molecule has 0 saturated carbocycles. The lowest BCUT2D eigenvalue weighted by atomic mass is 10.2. The molecule has 2 aromatic carbocycles. The predicted molar refractivity (Wildman–Crippen MR) is 116 cm³/mol. The van der Waals surface area contributed by atoms with Gasteiger partial charge in [0.15, 0.2) is 11.0 Å². The molecule has 0 atom stereocenters. The number of hydrogen-bond donors (Lipinski definition) is 1. The van der Waals surface area contributed by atoms with Gasteiger partial charge in [0.1, 0.15) is 5.82 Å². The Morgan fingerprint density at radius 3 is 2.48 bits per heavy atom. The van der Waals surface area contributed by atoms with Gasteiger partial charge in [-0.25, -0.2) is 4.39 Å². The van der Waals surface area contributed by atoms with Crippen LogP contribution in [0, 0.1) is 5.82 Å². The van der Waals surface area contributed by atoms with Gasteiger partial charge in [0.25, 0.3) is 0 Å². The summed E-state index contributed by atoms with van der Waals surface area (Å²) in [5.74, 6) is 0.330. The van der Waals surface area contributed by atoms with Gasteiger partial charge in [-0.15, -0.1) is 16.8 Å². The third kappa shape index (κ3) is 5.23. The number of thioether (sulfide) groups is 1. The first kappa shape index (κ1) is 20.6. The second-order valence-electron chi connectivity index (χ2n) is 6.49. The molecule has 8 heteroatoms. The first-order valence-corrected chi connectivity index (χ1v) is 9.96. The largest absolute Gasteiger partial charge is 0.378 e. The molecule has 0 aliphatic rings. The van der Waals surface area contributed by atoms with Crippen LogP contribution in [0.1, 0.15) is 0 Å². The van der Waals surface area contributed by atoms with Crippen LogP contribution in [-0.4, -0.2) is 40.5 Å². The lowest BCUT2D eigenvalue weighted by Crippen LogP contribution is -2.14. The number of carbonyl (C=O) groups is 1. The third-order valence-corrected chi connectivity index (χ3v) is 5.10. The molecule has 29 heavy (non-hydrogen) atoms. The van der Waals surface area contributed by atoms with E-state index in [-0.39, 0.29) is 17.5 Å². The van der Waals surface area contributed by atoms with E-state index in [0.29, 0.717) is 17.4 Å². The topological polar surface area (TPSA) is 63.1 Å². The molecule has 6 nitrogen and oxygen atoms in total. The van der Waals surface area contributed by atoms with Gasteiger partial charge in [0.05, 0.1) is 5.75 Å². The summed E-state index contributed by atoms with van der Waals surface area (Å²) < 4.78 is 14.9. The molecule has 3 aromatic rings. The SMILES string of the molecule is C=CCn1c(SCC(=O)Nc2ccc(F)cc2)nnc1-c1ccc(N(C)C)cc1. The molecule has 0 unspecified atom stereocenters. The lowest BCUT2D eigenvalue weighted by molar-refractivity contribution is -0.113. The van der Waals surface area contributed by atoms with Gasteiger partial charge >= 0.3 is 0 Å². The van der Waals surface area contributed by atoms with Gasteiger partial charge < -0.3 is 10.2 Å². The molecule has 0 saturated heterocycles. The molecule has 0 aliphatic heterocycles. The zero-order valence-electron chi connectivity index (χ0n) is 16.3. The van der Waals surface area contributed by atoms with Crippen molar-refractivity contribution in [1.29, 1.82) is 0 Å². The first-order valence-electron chi connectivity index (χ1n) is 8.98. The van der Waals surface area contributed by atoms with E-state index in [1.165, 1.54) is 36.0 Å². The van der Waals surface area contributed by atoms with Gasteiger partial charge in [-0.2, -0.15) is 0 Å². The normalized spacial score (nSPS) is 10.6. The van der Waals surface area contributed by atoms with E-state index >= 15 is 0 Å². The average molecular weight is 412 g/mol. The molecule has 0 radical (unpaired) electrons. The van der Waals surface area contributed by atoms with Gasteiger partial charge in [-0.05, 0) is 48.5 Å². The molecule has 3 rings (SSSR count). The zero-order chi connectivity index (χ0) is 20.8. The molecule has 0 aliphatic carbocycles. The minimum atomic E-state index is -0.346. The number of benzene rings is 2. The number of allylic oxidation sites excluding steroid dienone is 1.